The fourth-order valence-electron chi connectivity index (χ4n) is 2.11. The largest absolute Gasteiger partial charge is 0.489 e. The summed E-state index contributed by atoms with van der Waals surface area (Å²) in [7, 11) is 0. The average molecular weight is 284 g/mol. The van der Waals surface area contributed by atoms with Crippen molar-refractivity contribution in [1.82, 2.24) is 0 Å². The second-order valence-corrected chi connectivity index (χ2v) is 4.99. The molecule has 2 N–H and O–H groups in total. The van der Waals surface area contributed by atoms with Gasteiger partial charge in [-0.3, -0.25) is 0 Å². The van der Waals surface area contributed by atoms with E-state index < -0.39 is 0 Å². The van der Waals surface area contributed by atoms with E-state index in [0.29, 0.717) is 17.7 Å². The number of hydrogen-bond donors (Lipinski definition) is 1. The maximum atomic E-state index is 13.3. The van der Waals surface area contributed by atoms with Crippen LogP contribution >= 0.6 is 0 Å². The van der Waals surface area contributed by atoms with E-state index in [9.17, 15) is 4.39 Å². The van der Waals surface area contributed by atoms with E-state index in [1.807, 2.05) is 25.1 Å². The van der Waals surface area contributed by atoms with Gasteiger partial charge in [0, 0.05) is 11.6 Å². The highest BCUT2D eigenvalue weighted by molar-refractivity contribution is 5.38. The Balaban J connectivity index is 2.18. The van der Waals surface area contributed by atoms with Gasteiger partial charge in [0.05, 0.1) is 11.6 Å². The standard InChI is InChI=1S/C17H17FN2O/c1-12(20)8-15-9-16(18)6-7-17(15)21-11-14-5-3-2-4-13(14)10-19/h2-7,9,12H,8,11,20H2,1H3. The van der Waals surface area contributed by atoms with Crippen molar-refractivity contribution in [2.75, 3.05) is 0 Å². The van der Waals surface area contributed by atoms with Crippen molar-refractivity contribution in [3.8, 4) is 11.8 Å². The summed E-state index contributed by atoms with van der Waals surface area (Å²) in [5, 5.41) is 9.05. The van der Waals surface area contributed by atoms with Crippen LogP contribution in [0.2, 0.25) is 0 Å². The number of ether oxygens (including phenoxy) is 1. The lowest BCUT2D eigenvalue weighted by Gasteiger charge is -2.14. The Kier molecular flexibility index (Phi) is 4.91. The zero-order chi connectivity index (χ0) is 15.2. The predicted octanol–water partition coefficient (Wildman–Crippen LogP) is 3.17. The summed E-state index contributed by atoms with van der Waals surface area (Å²) in [4.78, 5) is 0. The molecule has 0 spiro atoms. The lowest BCUT2D eigenvalue weighted by molar-refractivity contribution is 0.301. The van der Waals surface area contributed by atoms with Gasteiger partial charge in [0.15, 0.2) is 0 Å². The summed E-state index contributed by atoms with van der Waals surface area (Å²) in [5.74, 6) is 0.289. The number of nitrogens with two attached hydrogens (primary N) is 1. The molecule has 1 unspecified atom stereocenters. The number of halogens is 1. The Morgan fingerprint density at radius 3 is 2.71 bits per heavy atom. The summed E-state index contributed by atoms with van der Waals surface area (Å²) < 4.78 is 19.1. The Bertz CT molecular complexity index is 662. The van der Waals surface area contributed by atoms with Gasteiger partial charge in [-0.25, -0.2) is 4.39 Å². The van der Waals surface area contributed by atoms with Crippen LogP contribution in [0.1, 0.15) is 23.6 Å². The Morgan fingerprint density at radius 2 is 2.00 bits per heavy atom. The number of benzene rings is 2. The average Bonchev–Trinajstić information content (AvgIpc) is 2.46. The summed E-state index contributed by atoms with van der Waals surface area (Å²) >= 11 is 0. The zero-order valence-corrected chi connectivity index (χ0v) is 11.8. The molecule has 4 heteroatoms. The molecule has 0 radical (unpaired) electrons. The summed E-state index contributed by atoms with van der Waals surface area (Å²) in [6.45, 7) is 2.13. The topological polar surface area (TPSA) is 59.0 Å². The molecule has 0 amide bonds. The molecule has 108 valence electrons. The van der Waals surface area contributed by atoms with E-state index >= 15 is 0 Å². The highest BCUT2D eigenvalue weighted by Crippen LogP contribution is 2.22. The van der Waals surface area contributed by atoms with Crippen molar-refractivity contribution >= 4 is 0 Å². The van der Waals surface area contributed by atoms with Crippen molar-refractivity contribution in [3.63, 3.8) is 0 Å². The van der Waals surface area contributed by atoms with Gasteiger partial charge in [-0.2, -0.15) is 5.26 Å². The van der Waals surface area contributed by atoms with E-state index in [2.05, 4.69) is 6.07 Å². The molecular weight excluding hydrogens is 267 g/mol. The van der Waals surface area contributed by atoms with Crippen LogP contribution in [0, 0.1) is 17.1 Å². The Morgan fingerprint density at radius 1 is 1.24 bits per heavy atom. The minimum Gasteiger partial charge on any atom is -0.489 e. The van der Waals surface area contributed by atoms with Crippen molar-refractivity contribution in [2.24, 2.45) is 5.73 Å². The van der Waals surface area contributed by atoms with Crippen LogP contribution in [-0.4, -0.2) is 6.04 Å². The molecule has 3 nitrogen and oxygen atoms in total. The quantitative estimate of drug-likeness (QED) is 0.917. The van der Waals surface area contributed by atoms with Gasteiger partial charge in [0.1, 0.15) is 18.2 Å². The van der Waals surface area contributed by atoms with Crippen LogP contribution in [0.4, 0.5) is 4.39 Å². The van der Waals surface area contributed by atoms with Gasteiger partial charge in [-0.05, 0) is 43.2 Å². The van der Waals surface area contributed by atoms with E-state index in [0.717, 1.165) is 11.1 Å². The van der Waals surface area contributed by atoms with Crippen LogP contribution in [0.25, 0.3) is 0 Å². The normalized spacial score (nSPS) is 11.7. The molecule has 2 aromatic rings. The summed E-state index contributed by atoms with van der Waals surface area (Å²) in [6, 6.07) is 13.7. The molecular formula is C17H17FN2O. The smallest absolute Gasteiger partial charge is 0.123 e. The van der Waals surface area contributed by atoms with Crippen molar-refractivity contribution in [1.29, 1.82) is 5.26 Å². The zero-order valence-electron chi connectivity index (χ0n) is 11.8. The van der Waals surface area contributed by atoms with Gasteiger partial charge in [0.25, 0.3) is 0 Å². The van der Waals surface area contributed by atoms with Gasteiger partial charge in [-0.15, -0.1) is 0 Å². The highest BCUT2D eigenvalue weighted by Gasteiger charge is 2.09. The monoisotopic (exact) mass is 284 g/mol. The number of hydrogen-bond acceptors (Lipinski definition) is 3. The first-order valence-electron chi connectivity index (χ1n) is 6.75. The summed E-state index contributed by atoms with van der Waals surface area (Å²) in [5.41, 5.74) is 7.89. The molecule has 1 atom stereocenters. The SMILES string of the molecule is CC(N)Cc1cc(F)ccc1OCc1ccccc1C#N. The van der Waals surface area contributed by atoms with E-state index in [1.54, 1.807) is 12.1 Å². The van der Waals surface area contributed by atoms with Crippen LogP contribution in [0.5, 0.6) is 5.75 Å². The first-order chi connectivity index (χ1) is 10.1. The van der Waals surface area contributed by atoms with Crippen molar-refractivity contribution in [2.45, 2.75) is 26.0 Å². The fraction of sp³-hybridized carbons (Fsp3) is 0.235. The van der Waals surface area contributed by atoms with E-state index in [1.165, 1.54) is 12.1 Å². The third-order valence-corrected chi connectivity index (χ3v) is 3.09. The van der Waals surface area contributed by atoms with Crippen LogP contribution in [0.3, 0.4) is 0 Å². The molecule has 0 aliphatic carbocycles. The van der Waals surface area contributed by atoms with Crippen molar-refractivity contribution < 1.29 is 9.13 Å². The number of rotatable bonds is 5. The number of nitrogens with zero attached hydrogens (tertiary/aromatic N) is 1. The second-order valence-electron chi connectivity index (χ2n) is 4.99. The van der Waals surface area contributed by atoms with Gasteiger partial charge >= 0.3 is 0 Å². The van der Waals surface area contributed by atoms with Crippen LogP contribution in [0.15, 0.2) is 42.5 Å². The van der Waals surface area contributed by atoms with E-state index in [4.69, 9.17) is 15.7 Å². The fourth-order valence-corrected chi connectivity index (χ4v) is 2.11. The number of nitriles is 1. The third-order valence-electron chi connectivity index (χ3n) is 3.09. The van der Waals surface area contributed by atoms with Gasteiger partial charge in [-0.1, -0.05) is 18.2 Å². The minimum absolute atomic E-state index is 0.0828. The van der Waals surface area contributed by atoms with Crippen LogP contribution < -0.4 is 10.5 Å². The van der Waals surface area contributed by atoms with Gasteiger partial charge in [0.2, 0.25) is 0 Å². The maximum absolute atomic E-state index is 13.3. The molecule has 0 aliphatic rings. The molecule has 0 saturated carbocycles. The van der Waals surface area contributed by atoms with Gasteiger partial charge < -0.3 is 10.5 Å². The second kappa shape index (κ2) is 6.87. The Hall–Kier alpha value is -2.38. The lowest BCUT2D eigenvalue weighted by Crippen LogP contribution is -2.18. The maximum Gasteiger partial charge on any atom is 0.123 e. The molecule has 2 aromatic carbocycles. The minimum atomic E-state index is -0.310. The highest BCUT2D eigenvalue weighted by atomic mass is 19.1. The van der Waals surface area contributed by atoms with Crippen LogP contribution in [-0.2, 0) is 13.0 Å². The molecule has 2 rings (SSSR count). The predicted molar refractivity (Wildman–Crippen MR) is 79.2 cm³/mol. The van der Waals surface area contributed by atoms with Crippen molar-refractivity contribution in [3.05, 3.63) is 65.0 Å². The Labute approximate surface area is 123 Å². The molecule has 0 fully saturated rings. The molecule has 0 saturated heterocycles. The molecule has 0 aliphatic heterocycles. The molecule has 0 bridgehead atoms. The molecule has 0 heterocycles. The lowest BCUT2D eigenvalue weighted by atomic mass is 10.1. The third kappa shape index (κ3) is 4.04. The first-order valence-corrected chi connectivity index (χ1v) is 6.75. The summed E-state index contributed by atoms with van der Waals surface area (Å²) in [6.07, 6.45) is 0.535. The molecule has 21 heavy (non-hydrogen) atoms. The van der Waals surface area contributed by atoms with E-state index in [-0.39, 0.29) is 18.5 Å². The molecule has 0 aromatic heterocycles. The first kappa shape index (κ1) is 15.0.